The minimum absolute atomic E-state index is 0.138. The smallest absolute Gasteiger partial charge is 0.221 e. The van der Waals surface area contributed by atoms with Crippen molar-refractivity contribution < 1.29 is 4.79 Å². The zero-order valence-corrected chi connectivity index (χ0v) is 11.4. The molecule has 2 aliphatic rings. The standard InChI is InChI=1S/C14H27N3O/c15-14(6-2-1-3-7-14)12-13(18)16-8-11-17-9-4-5-10-17/h1-12,15H2,(H,16,18). The van der Waals surface area contributed by atoms with Crippen molar-refractivity contribution in [1.29, 1.82) is 0 Å². The van der Waals surface area contributed by atoms with Gasteiger partial charge in [0, 0.05) is 25.0 Å². The lowest BCUT2D eigenvalue weighted by Crippen LogP contribution is -2.46. The van der Waals surface area contributed by atoms with E-state index in [1.807, 2.05) is 0 Å². The first-order chi connectivity index (χ1) is 8.68. The number of amides is 1. The Labute approximate surface area is 110 Å². The summed E-state index contributed by atoms with van der Waals surface area (Å²) in [5.41, 5.74) is 6.06. The van der Waals surface area contributed by atoms with E-state index in [9.17, 15) is 4.79 Å². The predicted molar refractivity (Wildman–Crippen MR) is 73.3 cm³/mol. The highest BCUT2D eigenvalue weighted by molar-refractivity contribution is 5.77. The van der Waals surface area contributed by atoms with Gasteiger partial charge in [0.2, 0.25) is 5.91 Å². The van der Waals surface area contributed by atoms with Crippen molar-refractivity contribution in [3.8, 4) is 0 Å². The van der Waals surface area contributed by atoms with Gasteiger partial charge in [0.1, 0.15) is 0 Å². The van der Waals surface area contributed by atoms with Crippen LogP contribution >= 0.6 is 0 Å². The number of likely N-dealkylation sites (tertiary alicyclic amines) is 1. The van der Waals surface area contributed by atoms with Crippen molar-refractivity contribution >= 4 is 5.91 Å². The molecule has 2 rings (SSSR count). The van der Waals surface area contributed by atoms with Crippen LogP contribution in [0.15, 0.2) is 0 Å². The molecule has 0 aromatic heterocycles. The van der Waals surface area contributed by atoms with Crippen LogP contribution in [0, 0.1) is 0 Å². The molecule has 2 fully saturated rings. The van der Waals surface area contributed by atoms with Crippen LogP contribution in [0.2, 0.25) is 0 Å². The summed E-state index contributed by atoms with van der Waals surface area (Å²) in [6, 6.07) is 0. The first-order valence-corrected chi connectivity index (χ1v) is 7.46. The normalized spacial score (nSPS) is 24.1. The van der Waals surface area contributed by atoms with Crippen molar-refractivity contribution in [3.05, 3.63) is 0 Å². The van der Waals surface area contributed by atoms with Crippen molar-refractivity contribution in [2.24, 2.45) is 5.73 Å². The summed E-state index contributed by atoms with van der Waals surface area (Å²) in [6.45, 7) is 4.14. The number of hydrogen-bond acceptors (Lipinski definition) is 3. The summed E-state index contributed by atoms with van der Waals surface area (Å²) < 4.78 is 0. The lowest BCUT2D eigenvalue weighted by Gasteiger charge is -2.32. The van der Waals surface area contributed by atoms with E-state index in [-0.39, 0.29) is 11.4 Å². The molecule has 0 aromatic rings. The van der Waals surface area contributed by atoms with Gasteiger partial charge in [0.05, 0.1) is 0 Å². The first-order valence-electron chi connectivity index (χ1n) is 7.46. The molecule has 0 radical (unpaired) electrons. The van der Waals surface area contributed by atoms with Crippen molar-refractivity contribution in [3.63, 3.8) is 0 Å². The van der Waals surface area contributed by atoms with E-state index in [1.54, 1.807) is 0 Å². The van der Waals surface area contributed by atoms with Gasteiger partial charge in [-0.15, -0.1) is 0 Å². The van der Waals surface area contributed by atoms with Crippen molar-refractivity contribution in [2.45, 2.75) is 56.9 Å². The molecular weight excluding hydrogens is 226 g/mol. The van der Waals surface area contributed by atoms with Gasteiger partial charge < -0.3 is 16.0 Å². The highest BCUT2D eigenvalue weighted by Crippen LogP contribution is 2.28. The Morgan fingerprint density at radius 1 is 1.11 bits per heavy atom. The Bertz CT molecular complexity index is 268. The molecule has 104 valence electrons. The molecule has 0 atom stereocenters. The van der Waals surface area contributed by atoms with E-state index in [0.29, 0.717) is 6.42 Å². The first kappa shape index (κ1) is 13.8. The van der Waals surface area contributed by atoms with Crippen molar-refractivity contribution in [2.75, 3.05) is 26.2 Å². The fourth-order valence-corrected chi connectivity index (χ4v) is 3.17. The second-order valence-electron chi connectivity index (χ2n) is 6.00. The average Bonchev–Trinajstić information content (AvgIpc) is 2.82. The van der Waals surface area contributed by atoms with Gasteiger partial charge in [-0.05, 0) is 38.8 Å². The van der Waals surface area contributed by atoms with E-state index in [2.05, 4.69) is 10.2 Å². The molecule has 1 aliphatic heterocycles. The number of carbonyl (C=O) groups is 1. The van der Waals surface area contributed by atoms with E-state index < -0.39 is 0 Å². The van der Waals surface area contributed by atoms with Crippen LogP contribution in [0.5, 0.6) is 0 Å². The molecule has 3 N–H and O–H groups in total. The molecule has 4 nitrogen and oxygen atoms in total. The molecular formula is C14H27N3O. The number of nitrogens with two attached hydrogens (primary N) is 1. The van der Waals surface area contributed by atoms with Crippen LogP contribution in [-0.2, 0) is 4.79 Å². The summed E-state index contributed by atoms with van der Waals surface area (Å²) >= 11 is 0. The third kappa shape index (κ3) is 4.25. The zero-order valence-electron chi connectivity index (χ0n) is 11.4. The average molecular weight is 253 g/mol. The monoisotopic (exact) mass is 253 g/mol. The summed E-state index contributed by atoms with van der Waals surface area (Å²) in [4.78, 5) is 14.3. The van der Waals surface area contributed by atoms with E-state index >= 15 is 0 Å². The molecule has 18 heavy (non-hydrogen) atoms. The quantitative estimate of drug-likeness (QED) is 0.775. The Balaban J connectivity index is 1.61. The maximum atomic E-state index is 11.9. The van der Waals surface area contributed by atoms with Gasteiger partial charge in [-0.25, -0.2) is 0 Å². The third-order valence-corrected chi connectivity index (χ3v) is 4.31. The SMILES string of the molecule is NC1(CC(=O)NCCN2CCCC2)CCCCC1. The van der Waals surface area contributed by atoms with Gasteiger partial charge in [-0.3, -0.25) is 4.79 Å². The Hall–Kier alpha value is -0.610. The summed E-state index contributed by atoms with van der Waals surface area (Å²) in [5.74, 6) is 0.138. The Kier molecular flexibility index (Phi) is 5.01. The number of rotatable bonds is 5. The topological polar surface area (TPSA) is 58.4 Å². The molecule has 1 saturated heterocycles. The molecule has 4 heteroatoms. The van der Waals surface area contributed by atoms with Crippen LogP contribution in [0.4, 0.5) is 0 Å². The van der Waals surface area contributed by atoms with Gasteiger partial charge in [-0.2, -0.15) is 0 Å². The third-order valence-electron chi connectivity index (χ3n) is 4.31. The number of nitrogens with zero attached hydrogens (tertiary/aromatic N) is 1. The fourth-order valence-electron chi connectivity index (χ4n) is 3.17. The Morgan fingerprint density at radius 2 is 1.78 bits per heavy atom. The van der Waals surface area contributed by atoms with Gasteiger partial charge in [-0.1, -0.05) is 19.3 Å². The second-order valence-corrected chi connectivity index (χ2v) is 6.00. The van der Waals surface area contributed by atoms with Crippen LogP contribution < -0.4 is 11.1 Å². The minimum atomic E-state index is -0.226. The number of hydrogen-bond donors (Lipinski definition) is 2. The van der Waals surface area contributed by atoms with Crippen LogP contribution in [0.1, 0.15) is 51.4 Å². The predicted octanol–water partition coefficient (Wildman–Crippen LogP) is 1.25. The lowest BCUT2D eigenvalue weighted by atomic mass is 9.80. The molecule has 1 aliphatic carbocycles. The summed E-state index contributed by atoms with van der Waals surface area (Å²) in [5, 5.41) is 3.02. The second kappa shape index (κ2) is 6.53. The maximum absolute atomic E-state index is 11.9. The molecule has 1 amide bonds. The van der Waals surface area contributed by atoms with E-state index in [0.717, 1.165) is 25.9 Å². The highest BCUT2D eigenvalue weighted by Gasteiger charge is 2.29. The minimum Gasteiger partial charge on any atom is -0.355 e. The maximum Gasteiger partial charge on any atom is 0.221 e. The van der Waals surface area contributed by atoms with E-state index in [1.165, 1.54) is 45.2 Å². The van der Waals surface area contributed by atoms with Crippen molar-refractivity contribution in [1.82, 2.24) is 10.2 Å². The Morgan fingerprint density at radius 3 is 2.44 bits per heavy atom. The molecule has 0 aromatic carbocycles. The van der Waals surface area contributed by atoms with Crippen LogP contribution in [0.25, 0.3) is 0 Å². The van der Waals surface area contributed by atoms with Gasteiger partial charge in [0.15, 0.2) is 0 Å². The molecule has 1 saturated carbocycles. The zero-order chi connectivity index (χ0) is 12.8. The van der Waals surface area contributed by atoms with Crippen LogP contribution in [0.3, 0.4) is 0 Å². The number of carbonyl (C=O) groups excluding carboxylic acids is 1. The summed E-state index contributed by atoms with van der Waals surface area (Å²) in [6.07, 6.45) is 8.76. The van der Waals surface area contributed by atoms with Gasteiger partial charge >= 0.3 is 0 Å². The summed E-state index contributed by atoms with van der Waals surface area (Å²) in [7, 11) is 0. The van der Waals surface area contributed by atoms with E-state index in [4.69, 9.17) is 5.73 Å². The number of nitrogens with one attached hydrogen (secondary N) is 1. The fraction of sp³-hybridized carbons (Fsp3) is 0.929. The highest BCUT2D eigenvalue weighted by atomic mass is 16.1. The lowest BCUT2D eigenvalue weighted by molar-refractivity contribution is -0.122. The molecule has 0 bridgehead atoms. The van der Waals surface area contributed by atoms with Gasteiger partial charge in [0.25, 0.3) is 0 Å². The van der Waals surface area contributed by atoms with Crippen LogP contribution in [-0.4, -0.2) is 42.5 Å². The molecule has 0 unspecified atom stereocenters. The largest absolute Gasteiger partial charge is 0.355 e. The molecule has 1 heterocycles. The molecule has 0 spiro atoms.